The summed E-state index contributed by atoms with van der Waals surface area (Å²) >= 11 is 15.8. The maximum Gasteiger partial charge on any atom is 0.281 e. The second kappa shape index (κ2) is 9.28. The molecule has 1 N–H and O–H groups in total. The number of hydrogen-bond donors (Lipinski definition) is 1. The molecule has 0 atom stereocenters. The van der Waals surface area contributed by atoms with Crippen molar-refractivity contribution in [1.29, 1.82) is 0 Å². The van der Waals surface area contributed by atoms with Crippen molar-refractivity contribution >= 4 is 82.8 Å². The van der Waals surface area contributed by atoms with Crippen LogP contribution in [0.5, 0.6) is 5.75 Å². The number of ether oxygens (including phenoxy) is 1. The van der Waals surface area contributed by atoms with E-state index in [1.165, 1.54) is 4.90 Å². The first-order valence-corrected chi connectivity index (χ1v) is 11.9. The Labute approximate surface area is 209 Å². The molecular weight excluding hydrogens is 612 g/mol. The molecule has 1 amide bonds. The summed E-state index contributed by atoms with van der Waals surface area (Å²) in [6.45, 7) is 2.20. The van der Waals surface area contributed by atoms with Gasteiger partial charge in [-0.15, -0.1) is 0 Å². The second-order valence-corrected chi connectivity index (χ2v) is 9.77. The van der Waals surface area contributed by atoms with E-state index in [-0.39, 0.29) is 12.5 Å². The van der Waals surface area contributed by atoms with Gasteiger partial charge >= 0.3 is 0 Å². The molecule has 0 unspecified atom stereocenters. The molecule has 2 heterocycles. The van der Waals surface area contributed by atoms with Gasteiger partial charge in [0.25, 0.3) is 5.91 Å². The third kappa shape index (κ3) is 4.95. The molecule has 1 saturated heterocycles. The van der Waals surface area contributed by atoms with Crippen molar-refractivity contribution in [3.8, 4) is 5.75 Å². The van der Waals surface area contributed by atoms with Gasteiger partial charge in [-0.25, -0.2) is 0 Å². The molecular formula is C22H15Br3N2O3S. The Morgan fingerprint density at radius 1 is 1.13 bits per heavy atom. The van der Waals surface area contributed by atoms with E-state index in [4.69, 9.17) is 21.4 Å². The van der Waals surface area contributed by atoms with Crippen molar-refractivity contribution in [3.05, 3.63) is 84.7 Å². The van der Waals surface area contributed by atoms with Crippen LogP contribution in [0.2, 0.25) is 0 Å². The lowest BCUT2D eigenvalue weighted by molar-refractivity contribution is -0.113. The quantitative estimate of drug-likeness (QED) is 0.252. The van der Waals surface area contributed by atoms with Gasteiger partial charge in [0, 0.05) is 10.5 Å². The monoisotopic (exact) mass is 624 g/mol. The summed E-state index contributed by atoms with van der Waals surface area (Å²) in [4.78, 5) is 14.4. The van der Waals surface area contributed by atoms with Gasteiger partial charge in [0.2, 0.25) is 0 Å². The molecule has 31 heavy (non-hydrogen) atoms. The molecule has 2 aromatic carbocycles. The molecule has 1 fully saturated rings. The molecule has 1 aromatic heterocycles. The summed E-state index contributed by atoms with van der Waals surface area (Å²) in [5.74, 6) is 1.59. The van der Waals surface area contributed by atoms with Gasteiger partial charge in [0.15, 0.2) is 5.11 Å². The van der Waals surface area contributed by atoms with Crippen LogP contribution >= 0.6 is 60.0 Å². The van der Waals surface area contributed by atoms with Crippen LogP contribution in [0.4, 0.5) is 5.69 Å². The molecule has 4 rings (SSSR count). The van der Waals surface area contributed by atoms with Crippen molar-refractivity contribution in [1.82, 2.24) is 5.32 Å². The highest BCUT2D eigenvalue weighted by Gasteiger charge is 2.32. The number of halogens is 3. The van der Waals surface area contributed by atoms with E-state index in [1.54, 1.807) is 12.1 Å². The Kier molecular flexibility index (Phi) is 6.66. The standard InChI is InChI=1S/C22H15Br3N2O3S/c1-12-3-2-4-14(7-12)27-21(28)19(26-22(27)31)10-15-5-6-16(30-15)11-29-20-17(24)8-13(23)9-18(20)25/h2-10H,11H2,1H3,(H,26,31)/b19-10+. The van der Waals surface area contributed by atoms with Crippen molar-refractivity contribution in [3.63, 3.8) is 0 Å². The van der Waals surface area contributed by atoms with Crippen molar-refractivity contribution in [2.45, 2.75) is 13.5 Å². The number of rotatable bonds is 5. The number of anilines is 1. The van der Waals surface area contributed by atoms with E-state index < -0.39 is 0 Å². The lowest BCUT2D eigenvalue weighted by atomic mass is 10.2. The summed E-state index contributed by atoms with van der Waals surface area (Å²) in [5, 5.41) is 3.30. The van der Waals surface area contributed by atoms with Gasteiger partial charge < -0.3 is 14.5 Å². The topological polar surface area (TPSA) is 54.7 Å². The third-order valence-corrected chi connectivity index (χ3v) is 6.35. The fraction of sp³-hybridized carbons (Fsp3) is 0.0909. The van der Waals surface area contributed by atoms with Gasteiger partial charge in [-0.1, -0.05) is 28.1 Å². The molecule has 0 aliphatic carbocycles. The summed E-state index contributed by atoms with van der Waals surface area (Å²) in [6.07, 6.45) is 1.64. The summed E-state index contributed by atoms with van der Waals surface area (Å²) in [5.41, 5.74) is 2.13. The minimum atomic E-state index is -0.229. The van der Waals surface area contributed by atoms with Crippen LogP contribution in [0.3, 0.4) is 0 Å². The first-order chi connectivity index (χ1) is 14.8. The molecule has 1 aliphatic rings. The van der Waals surface area contributed by atoms with Gasteiger partial charge in [0.05, 0.1) is 14.6 Å². The number of carbonyl (C=O) groups is 1. The van der Waals surface area contributed by atoms with E-state index in [1.807, 2.05) is 49.4 Å². The average Bonchev–Trinajstić information content (AvgIpc) is 3.25. The first-order valence-electron chi connectivity index (χ1n) is 9.11. The number of benzene rings is 2. The second-order valence-electron chi connectivity index (χ2n) is 6.76. The number of nitrogens with zero attached hydrogens (tertiary/aromatic N) is 1. The SMILES string of the molecule is Cc1cccc(N2C(=O)/C(=C\c3ccc(COc4c(Br)cc(Br)cc4Br)o3)NC2=S)c1. The van der Waals surface area contributed by atoms with Crippen LogP contribution in [-0.4, -0.2) is 11.0 Å². The normalized spacial score (nSPS) is 15.0. The molecule has 1 aliphatic heterocycles. The minimum absolute atomic E-state index is 0.229. The Morgan fingerprint density at radius 2 is 1.87 bits per heavy atom. The predicted molar refractivity (Wildman–Crippen MR) is 135 cm³/mol. The van der Waals surface area contributed by atoms with E-state index in [0.717, 1.165) is 24.7 Å². The molecule has 5 nitrogen and oxygen atoms in total. The van der Waals surface area contributed by atoms with E-state index in [2.05, 4.69) is 53.1 Å². The van der Waals surface area contributed by atoms with Crippen LogP contribution < -0.4 is 15.0 Å². The van der Waals surface area contributed by atoms with Gasteiger partial charge in [-0.3, -0.25) is 9.69 Å². The van der Waals surface area contributed by atoms with Crippen LogP contribution in [0.25, 0.3) is 6.08 Å². The number of carbonyl (C=O) groups excluding carboxylic acids is 1. The van der Waals surface area contributed by atoms with Crippen molar-refractivity contribution in [2.75, 3.05) is 4.90 Å². The van der Waals surface area contributed by atoms with Gasteiger partial charge in [0.1, 0.15) is 29.6 Å². The Hall–Kier alpha value is -1.94. The lowest BCUT2D eigenvalue weighted by Gasteiger charge is -2.14. The summed E-state index contributed by atoms with van der Waals surface area (Å²) < 4.78 is 14.2. The number of hydrogen-bond acceptors (Lipinski definition) is 4. The average molecular weight is 627 g/mol. The fourth-order valence-electron chi connectivity index (χ4n) is 3.04. The molecule has 0 radical (unpaired) electrons. The zero-order valence-corrected chi connectivity index (χ0v) is 21.7. The molecule has 3 aromatic rings. The predicted octanol–water partition coefficient (Wildman–Crippen LogP) is 6.72. The first kappa shape index (κ1) is 22.3. The van der Waals surface area contributed by atoms with E-state index in [0.29, 0.717) is 28.1 Å². The zero-order chi connectivity index (χ0) is 22.1. The van der Waals surface area contributed by atoms with E-state index in [9.17, 15) is 4.79 Å². The highest BCUT2D eigenvalue weighted by molar-refractivity contribution is 9.11. The highest BCUT2D eigenvalue weighted by atomic mass is 79.9. The summed E-state index contributed by atoms with van der Waals surface area (Å²) in [6, 6.07) is 15.0. The van der Waals surface area contributed by atoms with Gasteiger partial charge in [-0.05, 0) is 93.0 Å². The largest absolute Gasteiger partial charge is 0.483 e. The highest BCUT2D eigenvalue weighted by Crippen LogP contribution is 2.37. The fourth-order valence-corrected chi connectivity index (χ4v) is 5.82. The van der Waals surface area contributed by atoms with Crippen molar-refractivity contribution in [2.24, 2.45) is 0 Å². The maximum atomic E-state index is 12.9. The van der Waals surface area contributed by atoms with Gasteiger partial charge in [-0.2, -0.15) is 0 Å². The summed E-state index contributed by atoms with van der Waals surface area (Å²) in [7, 11) is 0. The Bertz CT molecular complexity index is 1200. The Balaban J connectivity index is 1.48. The molecule has 0 saturated carbocycles. The van der Waals surface area contributed by atoms with E-state index >= 15 is 0 Å². The Morgan fingerprint density at radius 3 is 2.58 bits per heavy atom. The molecule has 0 bridgehead atoms. The zero-order valence-electron chi connectivity index (χ0n) is 16.1. The maximum absolute atomic E-state index is 12.9. The smallest absolute Gasteiger partial charge is 0.281 e. The number of thiocarbonyl (C=S) groups is 1. The van der Waals surface area contributed by atoms with Crippen LogP contribution in [0.1, 0.15) is 17.1 Å². The van der Waals surface area contributed by atoms with Crippen LogP contribution in [0, 0.1) is 6.92 Å². The van der Waals surface area contributed by atoms with Crippen LogP contribution in [0.15, 0.2) is 72.1 Å². The third-order valence-electron chi connectivity index (χ3n) is 4.43. The van der Waals surface area contributed by atoms with Crippen molar-refractivity contribution < 1.29 is 13.9 Å². The number of amides is 1. The lowest BCUT2D eigenvalue weighted by Crippen LogP contribution is -2.30. The number of nitrogens with one attached hydrogen (secondary N) is 1. The molecule has 9 heteroatoms. The van der Waals surface area contributed by atoms with Crippen LogP contribution in [-0.2, 0) is 11.4 Å². The molecule has 0 spiro atoms. The number of furan rings is 1. The molecule has 158 valence electrons. The minimum Gasteiger partial charge on any atom is -0.483 e. The number of aryl methyl sites for hydroxylation is 1.